The van der Waals surface area contributed by atoms with Gasteiger partial charge in [-0.05, 0) is 42.4 Å². The van der Waals surface area contributed by atoms with Crippen molar-refractivity contribution in [3.63, 3.8) is 0 Å². The van der Waals surface area contributed by atoms with Crippen LogP contribution in [0.25, 0.3) is 0 Å². The van der Waals surface area contributed by atoms with Gasteiger partial charge in [-0.1, -0.05) is 6.07 Å². The number of nitrogens with two attached hydrogens (primary N) is 1. The predicted octanol–water partition coefficient (Wildman–Crippen LogP) is 1.57. The van der Waals surface area contributed by atoms with E-state index in [0.29, 0.717) is 17.4 Å². The molecule has 0 bridgehead atoms. The fourth-order valence-corrected chi connectivity index (χ4v) is 3.62. The minimum absolute atomic E-state index is 0.0566. The summed E-state index contributed by atoms with van der Waals surface area (Å²) in [5, 5.41) is 0. The van der Waals surface area contributed by atoms with Crippen LogP contribution in [0.2, 0.25) is 0 Å². The minimum atomic E-state index is -0.428. The summed E-state index contributed by atoms with van der Waals surface area (Å²) in [6.07, 6.45) is 2.42. The summed E-state index contributed by atoms with van der Waals surface area (Å²) in [5.74, 6) is 0.829. The van der Waals surface area contributed by atoms with Crippen molar-refractivity contribution >= 4 is 5.91 Å². The molecule has 3 atom stereocenters. The fraction of sp³-hybridized carbons (Fsp3) is 0.562. The number of likely N-dealkylation sites (tertiary alicyclic amines) is 1. The van der Waals surface area contributed by atoms with Crippen LogP contribution in [0.3, 0.4) is 0 Å². The molecule has 2 aliphatic rings. The van der Waals surface area contributed by atoms with E-state index in [4.69, 9.17) is 10.5 Å². The summed E-state index contributed by atoms with van der Waals surface area (Å²) in [6.45, 7) is 1.55. The first-order chi connectivity index (χ1) is 10.1. The normalized spacial score (nSPS) is 27.8. The van der Waals surface area contributed by atoms with Gasteiger partial charge in [-0.3, -0.25) is 4.79 Å². The highest BCUT2D eigenvalue weighted by Gasteiger charge is 2.42. The third-order valence-electron chi connectivity index (χ3n) is 4.84. The second-order valence-electron chi connectivity index (χ2n) is 6.11. The highest BCUT2D eigenvalue weighted by molar-refractivity contribution is 5.79. The molecule has 1 aliphatic heterocycles. The molecule has 0 aromatic heterocycles. The van der Waals surface area contributed by atoms with E-state index in [1.54, 1.807) is 12.1 Å². The number of nitrogens with zero attached hydrogens (tertiary/aromatic N) is 1. The summed E-state index contributed by atoms with van der Waals surface area (Å²) in [6, 6.07) is 4.90. The van der Waals surface area contributed by atoms with E-state index >= 15 is 0 Å². The molecule has 114 valence electrons. The first kappa shape index (κ1) is 14.3. The van der Waals surface area contributed by atoms with Crippen LogP contribution < -0.4 is 10.5 Å². The van der Waals surface area contributed by atoms with Crippen molar-refractivity contribution in [2.24, 2.45) is 17.6 Å². The number of hydrogen-bond donors (Lipinski definition) is 1. The smallest absolute Gasteiger partial charge is 0.227 e. The van der Waals surface area contributed by atoms with Crippen LogP contribution in [0.4, 0.5) is 4.39 Å². The van der Waals surface area contributed by atoms with Gasteiger partial charge in [0.25, 0.3) is 0 Å². The summed E-state index contributed by atoms with van der Waals surface area (Å²) in [5.41, 5.74) is 6.77. The molecule has 0 radical (unpaired) electrons. The van der Waals surface area contributed by atoms with Crippen molar-refractivity contribution in [1.29, 1.82) is 0 Å². The number of halogens is 1. The van der Waals surface area contributed by atoms with Gasteiger partial charge in [0.05, 0.1) is 13.5 Å². The molecule has 2 N–H and O–H groups in total. The molecular formula is C16H21FN2O2. The van der Waals surface area contributed by atoms with E-state index < -0.39 is 5.82 Å². The lowest BCUT2D eigenvalue weighted by molar-refractivity contribution is -0.129. The Morgan fingerprint density at radius 2 is 2.24 bits per heavy atom. The Balaban J connectivity index is 1.63. The van der Waals surface area contributed by atoms with Crippen molar-refractivity contribution < 1.29 is 13.9 Å². The largest absolute Gasteiger partial charge is 0.494 e. The third-order valence-corrected chi connectivity index (χ3v) is 4.84. The minimum Gasteiger partial charge on any atom is -0.494 e. The second-order valence-corrected chi connectivity index (χ2v) is 6.11. The highest BCUT2D eigenvalue weighted by Crippen LogP contribution is 2.37. The van der Waals surface area contributed by atoms with Crippen LogP contribution in [0.5, 0.6) is 5.75 Å². The molecule has 1 aromatic carbocycles. The van der Waals surface area contributed by atoms with Crippen molar-refractivity contribution in [1.82, 2.24) is 4.90 Å². The number of carbonyl (C=O) groups is 1. The topological polar surface area (TPSA) is 55.6 Å². The molecule has 5 heteroatoms. The van der Waals surface area contributed by atoms with E-state index in [1.807, 2.05) is 4.90 Å². The molecule has 0 spiro atoms. The van der Waals surface area contributed by atoms with Crippen molar-refractivity contribution in [3.05, 3.63) is 29.6 Å². The molecule has 1 amide bonds. The number of rotatable bonds is 3. The van der Waals surface area contributed by atoms with Crippen LogP contribution in [0, 0.1) is 17.7 Å². The predicted molar refractivity (Wildman–Crippen MR) is 77.4 cm³/mol. The van der Waals surface area contributed by atoms with Crippen LogP contribution in [0.1, 0.15) is 18.4 Å². The first-order valence-corrected chi connectivity index (χ1v) is 7.44. The summed E-state index contributed by atoms with van der Waals surface area (Å²) in [7, 11) is 1.43. The molecular weight excluding hydrogens is 271 g/mol. The van der Waals surface area contributed by atoms with Crippen LogP contribution in [0.15, 0.2) is 18.2 Å². The number of hydrogen-bond acceptors (Lipinski definition) is 3. The van der Waals surface area contributed by atoms with Crippen LogP contribution in [-0.4, -0.2) is 37.0 Å². The average Bonchev–Trinajstić information content (AvgIpc) is 3.02. The van der Waals surface area contributed by atoms with Crippen molar-refractivity contribution in [2.75, 3.05) is 20.2 Å². The monoisotopic (exact) mass is 292 g/mol. The van der Waals surface area contributed by atoms with Gasteiger partial charge in [0.15, 0.2) is 11.6 Å². The second kappa shape index (κ2) is 5.64. The Hall–Kier alpha value is -1.62. The molecule has 21 heavy (non-hydrogen) atoms. The maximum atomic E-state index is 13.7. The zero-order valence-corrected chi connectivity index (χ0v) is 12.2. The highest BCUT2D eigenvalue weighted by atomic mass is 19.1. The number of ether oxygens (including phenoxy) is 1. The van der Waals surface area contributed by atoms with Gasteiger partial charge in [-0.2, -0.15) is 0 Å². The molecule has 1 aromatic rings. The molecule has 1 saturated carbocycles. The molecule has 3 unspecified atom stereocenters. The molecule has 4 nitrogen and oxygen atoms in total. The molecule has 1 heterocycles. The van der Waals surface area contributed by atoms with Gasteiger partial charge < -0.3 is 15.4 Å². The lowest BCUT2D eigenvalue weighted by Gasteiger charge is -2.19. The van der Waals surface area contributed by atoms with E-state index in [9.17, 15) is 9.18 Å². The summed E-state index contributed by atoms with van der Waals surface area (Å²) < 4.78 is 18.5. The maximum Gasteiger partial charge on any atom is 0.227 e. The molecule has 3 rings (SSSR count). The van der Waals surface area contributed by atoms with Crippen LogP contribution in [-0.2, 0) is 11.2 Å². The standard InChI is InChI=1S/C16H21FN2O2/c1-21-15-5-2-10(6-13(15)17)7-16(20)19-8-11-3-4-14(18)12(11)9-19/h2,5-6,11-12,14H,3-4,7-9,18H2,1H3. The van der Waals surface area contributed by atoms with Gasteiger partial charge in [0, 0.05) is 19.1 Å². The average molecular weight is 292 g/mol. The van der Waals surface area contributed by atoms with Gasteiger partial charge in [0.1, 0.15) is 0 Å². The number of fused-ring (bicyclic) bond motifs is 1. The molecule has 2 fully saturated rings. The molecule has 1 saturated heterocycles. The summed E-state index contributed by atoms with van der Waals surface area (Å²) in [4.78, 5) is 14.2. The van der Waals surface area contributed by atoms with E-state index in [0.717, 1.165) is 25.9 Å². The Morgan fingerprint density at radius 3 is 2.90 bits per heavy atom. The van der Waals surface area contributed by atoms with Crippen molar-refractivity contribution in [3.8, 4) is 5.75 Å². The summed E-state index contributed by atoms with van der Waals surface area (Å²) >= 11 is 0. The maximum absolute atomic E-state index is 13.7. The van der Waals surface area contributed by atoms with E-state index in [-0.39, 0.29) is 24.1 Å². The van der Waals surface area contributed by atoms with Crippen LogP contribution >= 0.6 is 0 Å². The Labute approximate surface area is 124 Å². The number of carbonyl (C=O) groups excluding carboxylic acids is 1. The lowest BCUT2D eigenvalue weighted by atomic mass is 9.98. The van der Waals surface area contributed by atoms with Gasteiger partial charge in [-0.25, -0.2) is 4.39 Å². The quantitative estimate of drug-likeness (QED) is 0.920. The first-order valence-electron chi connectivity index (χ1n) is 7.44. The Bertz CT molecular complexity index is 549. The third kappa shape index (κ3) is 2.75. The SMILES string of the molecule is COc1ccc(CC(=O)N2CC3CCC(N)C3C2)cc1F. The molecule has 1 aliphatic carbocycles. The van der Waals surface area contributed by atoms with E-state index in [2.05, 4.69) is 0 Å². The van der Waals surface area contributed by atoms with Crippen molar-refractivity contribution in [2.45, 2.75) is 25.3 Å². The van der Waals surface area contributed by atoms with Gasteiger partial charge in [-0.15, -0.1) is 0 Å². The fourth-order valence-electron chi connectivity index (χ4n) is 3.62. The zero-order valence-electron chi connectivity index (χ0n) is 12.2. The Morgan fingerprint density at radius 1 is 1.43 bits per heavy atom. The Kier molecular flexibility index (Phi) is 3.85. The number of amides is 1. The van der Waals surface area contributed by atoms with E-state index in [1.165, 1.54) is 13.2 Å². The number of methoxy groups -OCH3 is 1. The lowest BCUT2D eigenvalue weighted by Crippen LogP contribution is -2.34. The number of benzene rings is 1. The van der Waals surface area contributed by atoms with Gasteiger partial charge in [0.2, 0.25) is 5.91 Å². The van der Waals surface area contributed by atoms with Gasteiger partial charge >= 0.3 is 0 Å². The zero-order chi connectivity index (χ0) is 15.0.